The van der Waals surface area contributed by atoms with Crippen molar-refractivity contribution in [3.63, 3.8) is 0 Å². The summed E-state index contributed by atoms with van der Waals surface area (Å²) in [6.07, 6.45) is 1.82. The predicted molar refractivity (Wildman–Crippen MR) is 60.7 cm³/mol. The van der Waals surface area contributed by atoms with Gasteiger partial charge in [0, 0.05) is 11.9 Å². The van der Waals surface area contributed by atoms with Crippen molar-refractivity contribution >= 4 is 23.8 Å². The maximum Gasteiger partial charge on any atom is 0.182 e. The molecule has 2 rings (SSSR count). The van der Waals surface area contributed by atoms with Crippen molar-refractivity contribution in [2.75, 3.05) is 0 Å². The maximum atomic E-state index is 12.8. The van der Waals surface area contributed by atoms with E-state index >= 15 is 0 Å². The third-order valence-corrected chi connectivity index (χ3v) is 2.62. The Morgan fingerprint density at radius 3 is 2.73 bits per heavy atom. The molecule has 1 heterocycles. The number of nitrogens with zero attached hydrogens (tertiary/aromatic N) is 1. The summed E-state index contributed by atoms with van der Waals surface area (Å²) in [5, 5.41) is 0.338. The summed E-state index contributed by atoms with van der Waals surface area (Å²) in [6.45, 7) is 1.89. The fourth-order valence-corrected chi connectivity index (χ4v) is 1.94. The van der Waals surface area contributed by atoms with Gasteiger partial charge in [0.25, 0.3) is 0 Å². The molecular formula is C10H8ClFN2S. The van der Waals surface area contributed by atoms with Crippen molar-refractivity contribution in [1.29, 1.82) is 0 Å². The summed E-state index contributed by atoms with van der Waals surface area (Å²) >= 11 is 11.0. The van der Waals surface area contributed by atoms with Gasteiger partial charge in [-0.25, -0.2) is 4.39 Å². The van der Waals surface area contributed by atoms with Gasteiger partial charge >= 0.3 is 0 Å². The second-order valence-electron chi connectivity index (χ2n) is 3.21. The molecule has 0 atom stereocenters. The Balaban J connectivity index is 2.64. The second kappa shape index (κ2) is 3.79. The van der Waals surface area contributed by atoms with Crippen LogP contribution in [0, 0.1) is 17.5 Å². The number of imidazole rings is 1. The minimum Gasteiger partial charge on any atom is -0.335 e. The van der Waals surface area contributed by atoms with Crippen LogP contribution in [0.3, 0.4) is 0 Å². The summed E-state index contributed by atoms with van der Waals surface area (Å²) in [5.41, 5.74) is 1.60. The van der Waals surface area contributed by atoms with Gasteiger partial charge in [0.2, 0.25) is 0 Å². The van der Waals surface area contributed by atoms with Crippen LogP contribution >= 0.6 is 23.8 Å². The number of halogens is 2. The van der Waals surface area contributed by atoms with Gasteiger partial charge in [-0.15, -0.1) is 0 Å². The lowest BCUT2D eigenvalue weighted by atomic mass is 10.3. The Morgan fingerprint density at radius 1 is 1.47 bits per heavy atom. The molecule has 15 heavy (non-hydrogen) atoms. The zero-order valence-electron chi connectivity index (χ0n) is 7.92. The first kappa shape index (κ1) is 10.4. The molecule has 0 aliphatic rings. The Labute approximate surface area is 96.3 Å². The first-order valence-corrected chi connectivity index (χ1v) is 5.10. The molecule has 0 fully saturated rings. The van der Waals surface area contributed by atoms with Crippen LogP contribution < -0.4 is 0 Å². The molecule has 2 aromatic rings. The molecule has 78 valence electrons. The first-order valence-electron chi connectivity index (χ1n) is 4.31. The fraction of sp³-hybridized carbons (Fsp3) is 0.100. The molecule has 0 aliphatic heterocycles. The lowest BCUT2D eigenvalue weighted by Gasteiger charge is -2.04. The van der Waals surface area contributed by atoms with E-state index in [4.69, 9.17) is 23.8 Å². The molecule has 0 spiro atoms. The van der Waals surface area contributed by atoms with Crippen molar-refractivity contribution in [1.82, 2.24) is 9.55 Å². The summed E-state index contributed by atoms with van der Waals surface area (Å²) in [7, 11) is 0. The van der Waals surface area contributed by atoms with Crippen LogP contribution in [0.2, 0.25) is 5.02 Å². The number of aromatic nitrogens is 2. The third kappa shape index (κ3) is 1.96. The van der Waals surface area contributed by atoms with E-state index in [-0.39, 0.29) is 5.82 Å². The Kier molecular flexibility index (Phi) is 2.63. The molecule has 2 nitrogen and oxygen atoms in total. The number of H-pyrrole nitrogens is 1. The fourth-order valence-electron chi connectivity index (χ4n) is 1.37. The molecule has 0 aliphatic carbocycles. The number of aryl methyl sites for hydroxylation is 1. The van der Waals surface area contributed by atoms with E-state index in [9.17, 15) is 4.39 Å². The van der Waals surface area contributed by atoms with E-state index in [1.54, 1.807) is 10.6 Å². The van der Waals surface area contributed by atoms with E-state index in [0.29, 0.717) is 15.5 Å². The van der Waals surface area contributed by atoms with Crippen LogP contribution in [0.25, 0.3) is 5.69 Å². The second-order valence-corrected chi connectivity index (χ2v) is 4.00. The van der Waals surface area contributed by atoms with Gasteiger partial charge in [-0.05, 0) is 37.3 Å². The molecular weight excluding hydrogens is 235 g/mol. The zero-order valence-corrected chi connectivity index (χ0v) is 9.49. The van der Waals surface area contributed by atoms with E-state index in [2.05, 4.69) is 4.98 Å². The van der Waals surface area contributed by atoms with Crippen LogP contribution in [0.15, 0.2) is 24.4 Å². The molecule has 0 saturated carbocycles. The van der Waals surface area contributed by atoms with Crippen molar-refractivity contribution in [2.45, 2.75) is 6.92 Å². The Morgan fingerprint density at radius 2 is 2.20 bits per heavy atom. The normalized spacial score (nSPS) is 10.6. The standard InChI is InChI=1S/C10H8ClFN2S/c1-6-5-14(10(15)13-6)9-3-2-7(12)4-8(9)11/h2-5H,1H3,(H,13,15). The smallest absolute Gasteiger partial charge is 0.182 e. The highest BCUT2D eigenvalue weighted by atomic mass is 35.5. The molecule has 1 aromatic heterocycles. The third-order valence-electron chi connectivity index (χ3n) is 2.01. The highest BCUT2D eigenvalue weighted by Gasteiger charge is 2.05. The summed E-state index contributed by atoms with van der Waals surface area (Å²) in [6, 6.07) is 4.22. The highest BCUT2D eigenvalue weighted by molar-refractivity contribution is 7.71. The molecule has 0 bridgehead atoms. The molecule has 5 heteroatoms. The summed E-state index contributed by atoms with van der Waals surface area (Å²) in [5.74, 6) is -0.359. The average molecular weight is 243 g/mol. The first-order chi connectivity index (χ1) is 7.08. The minimum absolute atomic E-state index is 0.338. The van der Waals surface area contributed by atoms with Crippen molar-refractivity contribution < 1.29 is 4.39 Å². The SMILES string of the molecule is Cc1cn(-c2ccc(F)cc2Cl)c(=S)[nH]1. The van der Waals surface area contributed by atoms with Crippen LogP contribution in [-0.4, -0.2) is 9.55 Å². The van der Waals surface area contributed by atoms with Crippen LogP contribution in [-0.2, 0) is 0 Å². The average Bonchev–Trinajstić information content (AvgIpc) is 2.45. The predicted octanol–water partition coefficient (Wildman–Crippen LogP) is 3.64. The molecule has 1 aromatic carbocycles. The zero-order chi connectivity index (χ0) is 11.0. The van der Waals surface area contributed by atoms with Gasteiger partial charge in [0.05, 0.1) is 10.7 Å². The van der Waals surface area contributed by atoms with Crippen molar-refractivity contribution in [2.24, 2.45) is 0 Å². The summed E-state index contributed by atoms with van der Waals surface area (Å²) < 4.78 is 15.1. The van der Waals surface area contributed by atoms with Crippen LogP contribution in [0.1, 0.15) is 5.69 Å². The number of hydrogen-bond donors (Lipinski definition) is 1. The van der Waals surface area contributed by atoms with Crippen molar-refractivity contribution in [3.05, 3.63) is 45.7 Å². The number of aromatic amines is 1. The number of rotatable bonds is 1. The minimum atomic E-state index is -0.359. The Bertz CT molecular complexity index is 559. The van der Waals surface area contributed by atoms with Crippen LogP contribution in [0.5, 0.6) is 0 Å². The lowest BCUT2D eigenvalue weighted by molar-refractivity contribution is 0.627. The molecule has 0 unspecified atom stereocenters. The molecule has 0 saturated heterocycles. The van der Waals surface area contributed by atoms with Gasteiger partial charge < -0.3 is 4.98 Å². The van der Waals surface area contributed by atoms with Crippen LogP contribution in [0.4, 0.5) is 4.39 Å². The summed E-state index contributed by atoms with van der Waals surface area (Å²) in [4.78, 5) is 2.97. The quantitative estimate of drug-likeness (QED) is 0.758. The number of nitrogens with one attached hydrogen (secondary N) is 1. The van der Waals surface area contributed by atoms with E-state index < -0.39 is 0 Å². The number of benzene rings is 1. The van der Waals surface area contributed by atoms with Crippen molar-refractivity contribution in [3.8, 4) is 5.69 Å². The monoisotopic (exact) mass is 242 g/mol. The van der Waals surface area contributed by atoms with Gasteiger partial charge in [0.15, 0.2) is 4.77 Å². The van der Waals surface area contributed by atoms with Gasteiger partial charge in [-0.3, -0.25) is 4.57 Å². The maximum absolute atomic E-state index is 12.8. The van der Waals surface area contributed by atoms with Gasteiger partial charge in [0.1, 0.15) is 5.82 Å². The highest BCUT2D eigenvalue weighted by Crippen LogP contribution is 2.22. The molecule has 1 N–H and O–H groups in total. The van der Waals surface area contributed by atoms with Gasteiger partial charge in [-0.1, -0.05) is 11.6 Å². The Hall–Kier alpha value is -1.13. The largest absolute Gasteiger partial charge is 0.335 e. The molecule has 0 amide bonds. The van der Waals surface area contributed by atoms with Gasteiger partial charge in [-0.2, -0.15) is 0 Å². The lowest BCUT2D eigenvalue weighted by Crippen LogP contribution is -1.93. The molecule has 0 radical (unpaired) electrons. The van der Waals surface area contributed by atoms with E-state index in [0.717, 1.165) is 5.69 Å². The van der Waals surface area contributed by atoms with E-state index in [1.165, 1.54) is 12.1 Å². The van der Waals surface area contributed by atoms with E-state index in [1.807, 2.05) is 13.1 Å². The topological polar surface area (TPSA) is 20.7 Å². The number of hydrogen-bond acceptors (Lipinski definition) is 1.